The minimum Gasteiger partial charge on any atom is -0.338 e. The lowest BCUT2D eigenvalue weighted by molar-refractivity contribution is 0.251. The average Bonchev–Trinajstić information content (AvgIpc) is 3.02. The number of rotatable bonds is 2. The largest absolute Gasteiger partial charge is 0.338 e. The van der Waals surface area contributed by atoms with Crippen LogP contribution in [0.3, 0.4) is 0 Å². The minimum absolute atomic E-state index is 0.0432. The molecule has 100 valence electrons. The molecule has 1 aromatic rings. The maximum absolute atomic E-state index is 6.16. The van der Waals surface area contributed by atoms with Crippen LogP contribution in [0.4, 0.5) is 0 Å². The molecule has 0 radical (unpaired) electrons. The van der Waals surface area contributed by atoms with Gasteiger partial charge in [0.15, 0.2) is 5.82 Å². The Morgan fingerprint density at radius 3 is 2.61 bits per heavy atom. The maximum Gasteiger partial charge on any atom is 0.244 e. The van der Waals surface area contributed by atoms with Crippen molar-refractivity contribution in [3.63, 3.8) is 0 Å². The van der Waals surface area contributed by atoms with Crippen LogP contribution in [0.25, 0.3) is 0 Å². The van der Waals surface area contributed by atoms with Crippen molar-refractivity contribution in [1.29, 1.82) is 0 Å². The summed E-state index contributed by atoms with van der Waals surface area (Å²) < 4.78 is 5.39. The van der Waals surface area contributed by atoms with Gasteiger partial charge in [-0.25, -0.2) is 0 Å². The van der Waals surface area contributed by atoms with Crippen LogP contribution in [0, 0.1) is 17.3 Å². The molecule has 1 heterocycles. The van der Waals surface area contributed by atoms with Crippen LogP contribution < -0.4 is 5.73 Å². The molecule has 2 aliphatic rings. The van der Waals surface area contributed by atoms with Crippen LogP contribution in [0.5, 0.6) is 0 Å². The highest BCUT2D eigenvalue weighted by molar-refractivity contribution is 5.08. The Kier molecular flexibility index (Phi) is 2.73. The summed E-state index contributed by atoms with van der Waals surface area (Å²) in [5, 5.41) is 4.19. The van der Waals surface area contributed by atoms with Gasteiger partial charge in [-0.05, 0) is 36.5 Å². The van der Waals surface area contributed by atoms with Gasteiger partial charge in [0.1, 0.15) is 0 Å². The van der Waals surface area contributed by atoms with Crippen LogP contribution in [0.2, 0.25) is 0 Å². The number of fused-ring (bicyclic) bond motifs is 2. The van der Waals surface area contributed by atoms with Crippen LogP contribution in [0.1, 0.15) is 70.1 Å². The Bertz CT molecular complexity index is 434. The van der Waals surface area contributed by atoms with Crippen LogP contribution in [-0.4, -0.2) is 10.1 Å². The van der Waals surface area contributed by atoms with Gasteiger partial charge in [-0.2, -0.15) is 4.98 Å². The first-order valence-corrected chi connectivity index (χ1v) is 7.04. The van der Waals surface area contributed by atoms with Crippen molar-refractivity contribution in [3.05, 3.63) is 11.7 Å². The number of aromatic nitrogens is 2. The Hall–Kier alpha value is -0.900. The molecule has 2 bridgehead atoms. The molecule has 3 unspecified atom stereocenters. The summed E-state index contributed by atoms with van der Waals surface area (Å²) >= 11 is 0. The molecule has 0 aromatic carbocycles. The summed E-state index contributed by atoms with van der Waals surface area (Å²) in [5.41, 5.74) is 6.12. The maximum atomic E-state index is 6.16. The molecule has 2 aliphatic carbocycles. The quantitative estimate of drug-likeness (QED) is 0.875. The molecule has 4 atom stereocenters. The molecular weight excluding hydrogens is 226 g/mol. The third-order valence-electron chi connectivity index (χ3n) is 4.73. The zero-order chi connectivity index (χ0) is 12.9. The number of nitrogens with zero attached hydrogens (tertiary/aromatic N) is 2. The van der Waals surface area contributed by atoms with Gasteiger partial charge < -0.3 is 10.3 Å². The summed E-state index contributed by atoms with van der Waals surface area (Å²) in [6.45, 7) is 6.29. The van der Waals surface area contributed by atoms with Crippen LogP contribution in [0.15, 0.2) is 4.52 Å². The second-order valence-electron chi connectivity index (χ2n) is 7.12. The fourth-order valence-electron chi connectivity index (χ4n) is 3.46. The summed E-state index contributed by atoms with van der Waals surface area (Å²) in [4.78, 5) is 4.57. The standard InChI is InChI=1S/C14H23N3O/c1-14(2,3)11(15)13-16-12(17-18-13)10-7-8-4-5-9(10)6-8/h8-11H,4-7,15H2,1-3H3/t8?,9?,10?,11-/m0/s1. The van der Waals surface area contributed by atoms with E-state index in [9.17, 15) is 0 Å². The van der Waals surface area contributed by atoms with E-state index in [0.717, 1.165) is 17.7 Å². The number of hydrogen-bond donors (Lipinski definition) is 1. The predicted molar refractivity (Wildman–Crippen MR) is 68.9 cm³/mol. The van der Waals surface area contributed by atoms with Gasteiger partial charge in [0.2, 0.25) is 5.89 Å². The van der Waals surface area contributed by atoms with Crippen molar-refractivity contribution in [1.82, 2.24) is 10.1 Å². The Morgan fingerprint density at radius 2 is 2.06 bits per heavy atom. The lowest BCUT2D eigenvalue weighted by atomic mass is 9.87. The second kappa shape index (κ2) is 4.05. The molecule has 0 amide bonds. The molecule has 4 heteroatoms. The van der Waals surface area contributed by atoms with Crippen molar-refractivity contribution in [2.75, 3.05) is 0 Å². The van der Waals surface area contributed by atoms with Gasteiger partial charge in [-0.1, -0.05) is 32.3 Å². The van der Waals surface area contributed by atoms with E-state index in [0.29, 0.717) is 11.8 Å². The number of nitrogens with two attached hydrogens (primary N) is 1. The smallest absolute Gasteiger partial charge is 0.244 e. The van der Waals surface area contributed by atoms with Gasteiger partial charge in [0.05, 0.1) is 6.04 Å². The SMILES string of the molecule is CC(C)(C)[C@@H](N)c1nc(C2CC3CCC2C3)no1. The summed E-state index contributed by atoms with van der Waals surface area (Å²) in [6, 6.07) is -0.183. The monoisotopic (exact) mass is 249 g/mol. The first-order chi connectivity index (χ1) is 8.45. The molecule has 2 saturated carbocycles. The highest BCUT2D eigenvalue weighted by Crippen LogP contribution is 2.52. The molecule has 0 saturated heterocycles. The minimum atomic E-state index is -0.183. The topological polar surface area (TPSA) is 64.9 Å². The van der Waals surface area contributed by atoms with E-state index in [4.69, 9.17) is 10.3 Å². The van der Waals surface area contributed by atoms with Crippen LogP contribution >= 0.6 is 0 Å². The van der Waals surface area contributed by atoms with E-state index in [1.54, 1.807) is 0 Å². The van der Waals surface area contributed by atoms with Crippen molar-refractivity contribution < 1.29 is 4.52 Å². The van der Waals surface area contributed by atoms with E-state index in [2.05, 4.69) is 30.9 Å². The normalized spacial score (nSPS) is 33.0. The van der Waals surface area contributed by atoms with Gasteiger partial charge in [-0.3, -0.25) is 0 Å². The molecule has 0 aliphatic heterocycles. The predicted octanol–water partition coefficient (Wildman–Crippen LogP) is 3.02. The summed E-state index contributed by atoms with van der Waals surface area (Å²) in [7, 11) is 0. The first-order valence-electron chi connectivity index (χ1n) is 7.04. The Balaban J connectivity index is 1.78. The highest BCUT2D eigenvalue weighted by Gasteiger charge is 2.42. The van der Waals surface area contributed by atoms with E-state index < -0.39 is 0 Å². The van der Waals surface area contributed by atoms with E-state index in [-0.39, 0.29) is 11.5 Å². The third-order valence-corrected chi connectivity index (χ3v) is 4.73. The van der Waals surface area contributed by atoms with Gasteiger partial charge in [0.25, 0.3) is 0 Å². The van der Waals surface area contributed by atoms with E-state index in [1.165, 1.54) is 25.7 Å². The van der Waals surface area contributed by atoms with E-state index in [1.807, 2.05) is 0 Å². The zero-order valence-corrected chi connectivity index (χ0v) is 11.5. The van der Waals surface area contributed by atoms with Gasteiger partial charge in [0, 0.05) is 5.92 Å². The van der Waals surface area contributed by atoms with Crippen molar-refractivity contribution in [2.24, 2.45) is 23.0 Å². The van der Waals surface area contributed by atoms with Crippen molar-refractivity contribution in [3.8, 4) is 0 Å². The average molecular weight is 249 g/mol. The molecule has 2 N–H and O–H groups in total. The fourth-order valence-corrected chi connectivity index (χ4v) is 3.46. The highest BCUT2D eigenvalue weighted by atomic mass is 16.5. The van der Waals surface area contributed by atoms with E-state index >= 15 is 0 Å². The van der Waals surface area contributed by atoms with Gasteiger partial charge in [-0.15, -0.1) is 0 Å². The Morgan fingerprint density at radius 1 is 1.28 bits per heavy atom. The molecule has 4 nitrogen and oxygen atoms in total. The van der Waals surface area contributed by atoms with Gasteiger partial charge >= 0.3 is 0 Å². The first kappa shape index (κ1) is 12.2. The summed E-state index contributed by atoms with van der Waals surface area (Å²) in [6.07, 6.45) is 5.34. The summed E-state index contributed by atoms with van der Waals surface area (Å²) in [5.74, 6) is 3.70. The molecule has 1 aromatic heterocycles. The second-order valence-corrected chi connectivity index (χ2v) is 7.12. The molecule has 2 fully saturated rings. The fraction of sp³-hybridized carbons (Fsp3) is 0.857. The third kappa shape index (κ3) is 1.96. The zero-order valence-electron chi connectivity index (χ0n) is 11.5. The molecule has 3 rings (SSSR count). The number of hydrogen-bond acceptors (Lipinski definition) is 4. The molecule has 0 spiro atoms. The lowest BCUT2D eigenvalue weighted by Crippen LogP contribution is -2.26. The van der Waals surface area contributed by atoms with Crippen LogP contribution in [-0.2, 0) is 0 Å². The van der Waals surface area contributed by atoms with Crippen molar-refractivity contribution in [2.45, 2.75) is 58.4 Å². The molecular formula is C14H23N3O. The lowest BCUT2D eigenvalue weighted by Gasteiger charge is -2.23. The Labute approximate surface area is 108 Å². The molecule has 18 heavy (non-hydrogen) atoms. The van der Waals surface area contributed by atoms with Crippen molar-refractivity contribution >= 4 is 0 Å².